The summed E-state index contributed by atoms with van der Waals surface area (Å²) in [4.78, 5) is 24.9. The maximum Gasteiger partial charge on any atom is 0.339 e. The number of carboxylic acids is 1. The molecule has 0 unspecified atom stereocenters. The average Bonchev–Trinajstić information content (AvgIpc) is 3.15. The Morgan fingerprint density at radius 2 is 1.68 bits per heavy atom. The van der Waals surface area contributed by atoms with Crippen LogP contribution in [0.5, 0.6) is 5.75 Å². The Morgan fingerprint density at radius 3 is 2.42 bits per heavy atom. The van der Waals surface area contributed by atoms with Crippen molar-refractivity contribution in [2.75, 3.05) is 5.32 Å². The predicted octanol–water partition coefficient (Wildman–Crippen LogP) is 5.81. The molecule has 1 aromatic heterocycles. The van der Waals surface area contributed by atoms with E-state index in [1.165, 1.54) is 30.5 Å². The molecule has 3 aromatic carbocycles. The first-order valence-electron chi connectivity index (χ1n) is 9.11. The van der Waals surface area contributed by atoms with Gasteiger partial charge >= 0.3 is 5.97 Å². The van der Waals surface area contributed by atoms with Crippen LogP contribution in [0.15, 0.2) is 53.9 Å². The molecule has 0 saturated heterocycles. The van der Waals surface area contributed by atoms with Crippen molar-refractivity contribution >= 4 is 39.0 Å². The highest BCUT2D eigenvalue weighted by Crippen LogP contribution is 2.38. The van der Waals surface area contributed by atoms with Crippen molar-refractivity contribution in [1.82, 2.24) is 0 Å². The van der Waals surface area contributed by atoms with Crippen LogP contribution >= 0.6 is 11.3 Å². The van der Waals surface area contributed by atoms with Gasteiger partial charge in [0, 0.05) is 16.5 Å². The Labute approximate surface area is 179 Å². The number of rotatable bonds is 4. The molecule has 0 saturated carbocycles. The monoisotopic (exact) mass is 439 g/mol. The zero-order chi connectivity index (χ0) is 22.3. The highest BCUT2D eigenvalue weighted by atomic mass is 32.1. The summed E-state index contributed by atoms with van der Waals surface area (Å²) >= 11 is 0.869. The largest absolute Gasteiger partial charge is 0.507 e. The number of nitrogens with one attached hydrogen (secondary N) is 1. The first kappa shape index (κ1) is 20.5. The smallest absolute Gasteiger partial charge is 0.339 e. The third-order valence-corrected chi connectivity index (χ3v) is 5.83. The number of fused-ring (bicyclic) bond motifs is 1. The fourth-order valence-electron chi connectivity index (χ4n) is 3.38. The molecule has 31 heavy (non-hydrogen) atoms. The third-order valence-electron chi connectivity index (χ3n) is 4.93. The average molecular weight is 439 g/mol. The van der Waals surface area contributed by atoms with E-state index in [0.29, 0.717) is 10.8 Å². The maximum atomic E-state index is 14.5. The first-order valence-corrected chi connectivity index (χ1v) is 9.99. The number of hydrogen-bond donors (Lipinski definition) is 3. The van der Waals surface area contributed by atoms with Crippen LogP contribution < -0.4 is 5.32 Å². The lowest BCUT2D eigenvalue weighted by Gasteiger charge is -2.10. The Bertz CT molecular complexity index is 1360. The number of phenolic OH excluding ortho intramolecular Hbond substituents is 1. The number of thiophene rings is 1. The number of phenols is 1. The number of aryl methyl sites for hydroxylation is 1. The quantitative estimate of drug-likeness (QED) is 0.374. The van der Waals surface area contributed by atoms with Crippen molar-refractivity contribution in [3.05, 3.63) is 82.2 Å². The van der Waals surface area contributed by atoms with Crippen molar-refractivity contribution in [1.29, 1.82) is 0 Å². The number of carbonyl (C=O) groups excluding carboxylic acids is 1. The van der Waals surface area contributed by atoms with Gasteiger partial charge in [-0.1, -0.05) is 42.5 Å². The molecule has 0 bridgehead atoms. The van der Waals surface area contributed by atoms with Crippen LogP contribution in [0, 0.1) is 18.6 Å². The lowest BCUT2D eigenvalue weighted by atomic mass is 10.0. The van der Waals surface area contributed by atoms with Crippen LogP contribution in [0.1, 0.15) is 26.3 Å². The highest BCUT2D eigenvalue weighted by Gasteiger charge is 2.25. The van der Waals surface area contributed by atoms with E-state index in [4.69, 9.17) is 0 Å². The number of carboxylic acid groups (broad SMARTS) is 1. The number of amides is 1. The summed E-state index contributed by atoms with van der Waals surface area (Å²) in [6.07, 6.45) is 0. The lowest BCUT2D eigenvalue weighted by molar-refractivity contribution is 0.0699. The molecule has 156 valence electrons. The van der Waals surface area contributed by atoms with Crippen molar-refractivity contribution in [3.8, 4) is 16.9 Å². The van der Waals surface area contributed by atoms with Gasteiger partial charge in [0.15, 0.2) is 11.6 Å². The number of halogens is 2. The fourth-order valence-corrected chi connectivity index (χ4v) is 4.33. The van der Waals surface area contributed by atoms with Crippen molar-refractivity contribution in [2.45, 2.75) is 6.92 Å². The fraction of sp³-hybridized carbons (Fsp3) is 0.0435. The molecule has 0 fully saturated rings. The molecule has 1 amide bonds. The second kappa shape index (κ2) is 7.81. The van der Waals surface area contributed by atoms with Crippen LogP contribution in [0.25, 0.3) is 21.9 Å². The van der Waals surface area contributed by atoms with Gasteiger partial charge in [-0.3, -0.25) is 4.79 Å². The number of benzene rings is 3. The SMILES string of the molecule is Cc1ccc(-c2csc(NC(=O)c3c(O)ccc4ccccc34)c2C(=O)O)c(F)c1F. The van der Waals surface area contributed by atoms with Crippen LogP contribution in [0.2, 0.25) is 0 Å². The van der Waals surface area contributed by atoms with E-state index in [9.17, 15) is 28.6 Å². The molecule has 8 heteroatoms. The van der Waals surface area contributed by atoms with E-state index in [0.717, 1.165) is 11.3 Å². The maximum absolute atomic E-state index is 14.5. The van der Waals surface area contributed by atoms with Crippen molar-refractivity contribution in [2.24, 2.45) is 0 Å². The third kappa shape index (κ3) is 3.51. The summed E-state index contributed by atoms with van der Waals surface area (Å²) in [5.41, 5.74) is -0.554. The lowest BCUT2D eigenvalue weighted by Crippen LogP contribution is -2.14. The normalized spacial score (nSPS) is 10.9. The molecule has 0 aliphatic rings. The van der Waals surface area contributed by atoms with E-state index in [2.05, 4.69) is 5.32 Å². The molecule has 0 radical (unpaired) electrons. The minimum Gasteiger partial charge on any atom is -0.507 e. The van der Waals surface area contributed by atoms with Gasteiger partial charge in [-0.15, -0.1) is 11.3 Å². The summed E-state index contributed by atoms with van der Waals surface area (Å²) in [5, 5.41) is 24.9. The zero-order valence-corrected chi connectivity index (χ0v) is 16.9. The van der Waals surface area contributed by atoms with Gasteiger partial charge in [-0.25, -0.2) is 13.6 Å². The Hall–Kier alpha value is -3.78. The Kier molecular flexibility index (Phi) is 5.16. The minimum absolute atomic E-state index is 0.0167. The first-order chi connectivity index (χ1) is 14.8. The van der Waals surface area contributed by atoms with Crippen LogP contribution in [-0.4, -0.2) is 22.1 Å². The summed E-state index contributed by atoms with van der Waals surface area (Å²) < 4.78 is 28.5. The number of aromatic hydroxyl groups is 1. The summed E-state index contributed by atoms with van der Waals surface area (Å²) in [6.45, 7) is 1.40. The molecule has 0 aliphatic carbocycles. The molecule has 0 spiro atoms. The van der Waals surface area contributed by atoms with Gasteiger partial charge in [0.2, 0.25) is 0 Å². The summed E-state index contributed by atoms with van der Waals surface area (Å²) in [6, 6.07) is 12.6. The standard InChI is InChI=1S/C23H15F2NO4S/c1-11-6-8-14(20(25)19(11)24)15-10-31-22(18(15)23(29)30)26-21(28)17-13-5-3-2-4-12(13)7-9-16(17)27/h2-10,27H,1H3,(H,26,28)(H,29,30). The second-order valence-corrected chi connectivity index (χ2v) is 7.73. The zero-order valence-electron chi connectivity index (χ0n) is 16.1. The Balaban J connectivity index is 1.80. The van der Waals surface area contributed by atoms with Crippen LogP contribution in [-0.2, 0) is 0 Å². The summed E-state index contributed by atoms with van der Waals surface area (Å²) in [7, 11) is 0. The molecule has 4 aromatic rings. The van der Waals surface area contributed by atoms with Gasteiger partial charge in [-0.2, -0.15) is 0 Å². The van der Waals surface area contributed by atoms with E-state index in [1.54, 1.807) is 30.3 Å². The van der Waals surface area contributed by atoms with E-state index in [-0.39, 0.29) is 38.6 Å². The van der Waals surface area contributed by atoms with Gasteiger partial charge in [0.05, 0.1) is 5.56 Å². The molecule has 5 nitrogen and oxygen atoms in total. The van der Waals surface area contributed by atoms with E-state index in [1.807, 2.05) is 0 Å². The number of carbonyl (C=O) groups is 2. The van der Waals surface area contributed by atoms with Crippen LogP contribution in [0.4, 0.5) is 13.8 Å². The minimum atomic E-state index is -1.41. The molecule has 3 N–H and O–H groups in total. The topological polar surface area (TPSA) is 86.6 Å². The van der Waals surface area contributed by atoms with Crippen molar-refractivity contribution in [3.63, 3.8) is 0 Å². The molecule has 1 heterocycles. The summed E-state index contributed by atoms with van der Waals surface area (Å²) in [5.74, 6) is -4.62. The number of hydrogen-bond acceptors (Lipinski definition) is 4. The van der Waals surface area contributed by atoms with E-state index >= 15 is 0 Å². The molecule has 4 rings (SSSR count). The van der Waals surface area contributed by atoms with Gasteiger partial charge < -0.3 is 15.5 Å². The number of aromatic carboxylic acids is 1. The second-order valence-electron chi connectivity index (χ2n) is 6.85. The highest BCUT2D eigenvalue weighted by molar-refractivity contribution is 7.15. The molecular weight excluding hydrogens is 424 g/mol. The van der Waals surface area contributed by atoms with Gasteiger partial charge in [0.25, 0.3) is 5.91 Å². The molecule has 0 atom stereocenters. The number of anilines is 1. The predicted molar refractivity (Wildman–Crippen MR) is 115 cm³/mol. The van der Waals surface area contributed by atoms with E-state index < -0.39 is 23.5 Å². The molecule has 0 aliphatic heterocycles. The van der Waals surface area contributed by atoms with Gasteiger partial charge in [-0.05, 0) is 29.3 Å². The Morgan fingerprint density at radius 1 is 0.935 bits per heavy atom. The van der Waals surface area contributed by atoms with Crippen LogP contribution in [0.3, 0.4) is 0 Å². The molecular formula is C23H15F2NO4S. The van der Waals surface area contributed by atoms with Crippen molar-refractivity contribution < 1.29 is 28.6 Å². The van der Waals surface area contributed by atoms with Gasteiger partial charge in [0.1, 0.15) is 16.3 Å².